The molecule has 3 nitrogen and oxygen atoms in total. The normalized spacial score (nSPS) is 29.4. The maximum Gasteiger partial charge on any atom is 0.0437 e. The highest BCUT2D eigenvalue weighted by Gasteiger charge is 2.38. The van der Waals surface area contributed by atoms with E-state index in [-0.39, 0.29) is 0 Å². The van der Waals surface area contributed by atoms with Crippen molar-refractivity contribution in [1.29, 1.82) is 0 Å². The molecule has 3 heteroatoms. The van der Waals surface area contributed by atoms with E-state index in [1.54, 1.807) is 11.3 Å². The van der Waals surface area contributed by atoms with E-state index in [9.17, 15) is 0 Å². The van der Waals surface area contributed by atoms with Gasteiger partial charge in [0.05, 0.1) is 0 Å². The molecule has 0 unspecified atom stereocenters. The largest absolute Gasteiger partial charge is 0.311 e. The molecule has 0 aromatic heterocycles. The highest BCUT2D eigenvalue weighted by Crippen LogP contribution is 2.35. The molecule has 0 amide bonds. The second-order valence-electron chi connectivity index (χ2n) is 4.71. The van der Waals surface area contributed by atoms with Crippen LogP contribution in [0.5, 0.6) is 0 Å². The van der Waals surface area contributed by atoms with Gasteiger partial charge in [-0.25, -0.2) is 5.01 Å². The Morgan fingerprint density at radius 2 is 2.21 bits per heavy atom. The fourth-order valence-corrected chi connectivity index (χ4v) is 2.56. The lowest BCUT2D eigenvalue weighted by Gasteiger charge is -2.31. The summed E-state index contributed by atoms with van der Waals surface area (Å²) in [5, 5.41) is 8.65. The first kappa shape index (κ1) is 8.74. The first-order valence-corrected chi connectivity index (χ1v) is 5.79. The molecule has 2 aliphatic heterocycles. The number of hydrogen-bond donors (Lipinski definition) is 1. The van der Waals surface area contributed by atoms with E-state index < -0.39 is 0 Å². The highest BCUT2D eigenvalue weighted by atomic mass is 15.7. The molecule has 0 aromatic carbocycles. The average Bonchev–Trinajstić information content (AvgIpc) is 2.99. The zero-order chi connectivity index (χ0) is 9.54. The predicted molar refractivity (Wildman–Crippen MR) is 56.6 cm³/mol. The third-order valence-electron chi connectivity index (χ3n) is 3.50. The van der Waals surface area contributed by atoms with Crippen molar-refractivity contribution < 1.29 is 0 Å². The van der Waals surface area contributed by atoms with Gasteiger partial charge in [0.1, 0.15) is 0 Å². The van der Waals surface area contributed by atoms with E-state index in [0.717, 1.165) is 12.6 Å². The third-order valence-corrected chi connectivity index (χ3v) is 3.50. The maximum absolute atomic E-state index is 3.50. The van der Waals surface area contributed by atoms with Crippen molar-refractivity contribution in [2.24, 2.45) is 0 Å². The summed E-state index contributed by atoms with van der Waals surface area (Å²) in [6, 6.07) is 0.862. The molecule has 1 saturated carbocycles. The number of rotatable bonds is 1. The highest BCUT2D eigenvalue weighted by molar-refractivity contribution is 5.20. The quantitative estimate of drug-likeness (QED) is 0.669. The van der Waals surface area contributed by atoms with Gasteiger partial charge in [0.25, 0.3) is 0 Å². The summed E-state index contributed by atoms with van der Waals surface area (Å²) in [5.74, 6) is 0. The van der Waals surface area contributed by atoms with E-state index >= 15 is 0 Å². The van der Waals surface area contributed by atoms with Crippen LogP contribution in [0, 0.1) is 0 Å². The smallest absolute Gasteiger partial charge is 0.0437 e. The van der Waals surface area contributed by atoms with Gasteiger partial charge in [-0.05, 0) is 38.3 Å². The second kappa shape index (κ2) is 3.24. The van der Waals surface area contributed by atoms with E-state index in [1.165, 1.54) is 38.9 Å². The summed E-state index contributed by atoms with van der Waals surface area (Å²) in [7, 11) is 0. The van der Waals surface area contributed by atoms with Crippen LogP contribution in [0.15, 0.2) is 11.3 Å². The van der Waals surface area contributed by atoms with Crippen LogP contribution in [-0.4, -0.2) is 42.2 Å². The topological polar surface area (TPSA) is 18.5 Å². The molecule has 0 radical (unpaired) electrons. The number of nitrogens with zero attached hydrogens (tertiary/aromatic N) is 2. The van der Waals surface area contributed by atoms with Crippen LogP contribution >= 0.6 is 0 Å². The molecule has 2 fully saturated rings. The molecule has 2 heterocycles. The van der Waals surface area contributed by atoms with Crippen LogP contribution < -0.4 is 5.32 Å². The van der Waals surface area contributed by atoms with Crippen LogP contribution in [-0.2, 0) is 0 Å². The predicted octanol–water partition coefficient (Wildman–Crippen LogP) is 0.949. The van der Waals surface area contributed by atoms with Crippen molar-refractivity contribution in [3.05, 3.63) is 11.3 Å². The summed E-state index contributed by atoms with van der Waals surface area (Å²) in [4.78, 5) is 0. The van der Waals surface area contributed by atoms with E-state index in [2.05, 4.69) is 22.3 Å². The Morgan fingerprint density at radius 1 is 1.36 bits per heavy atom. The van der Waals surface area contributed by atoms with Crippen LogP contribution in [0.3, 0.4) is 0 Å². The molecule has 1 N–H and O–H groups in total. The molecule has 0 aromatic rings. The lowest BCUT2D eigenvalue weighted by Crippen LogP contribution is -2.39. The van der Waals surface area contributed by atoms with Gasteiger partial charge in [-0.1, -0.05) is 0 Å². The molecule has 14 heavy (non-hydrogen) atoms. The zero-order valence-electron chi connectivity index (χ0n) is 8.92. The van der Waals surface area contributed by atoms with Crippen molar-refractivity contribution in [3.8, 4) is 0 Å². The Morgan fingerprint density at radius 3 is 3.00 bits per heavy atom. The molecular formula is C11H19N3. The SMILES string of the molecule is CC1=C2CNCCCN2N(C2CC2)C1. The van der Waals surface area contributed by atoms with E-state index in [4.69, 9.17) is 0 Å². The molecule has 0 atom stereocenters. The minimum absolute atomic E-state index is 0.862. The van der Waals surface area contributed by atoms with Gasteiger partial charge in [0.2, 0.25) is 0 Å². The monoisotopic (exact) mass is 193 g/mol. The molecule has 3 rings (SSSR count). The number of hydrogen-bond acceptors (Lipinski definition) is 3. The van der Waals surface area contributed by atoms with Crippen LogP contribution in [0.1, 0.15) is 26.2 Å². The lowest BCUT2D eigenvalue weighted by molar-refractivity contribution is 0.0322. The minimum atomic E-state index is 0.862. The summed E-state index contributed by atoms with van der Waals surface area (Å²) in [5.41, 5.74) is 3.13. The molecular weight excluding hydrogens is 174 g/mol. The van der Waals surface area contributed by atoms with Gasteiger partial charge in [0.15, 0.2) is 0 Å². The van der Waals surface area contributed by atoms with Gasteiger partial charge >= 0.3 is 0 Å². The van der Waals surface area contributed by atoms with Crippen molar-refractivity contribution in [3.63, 3.8) is 0 Å². The van der Waals surface area contributed by atoms with Crippen molar-refractivity contribution >= 4 is 0 Å². The van der Waals surface area contributed by atoms with E-state index in [1.807, 2.05) is 0 Å². The molecule has 3 aliphatic rings. The molecule has 0 bridgehead atoms. The molecule has 1 aliphatic carbocycles. The van der Waals surface area contributed by atoms with Crippen molar-refractivity contribution in [2.75, 3.05) is 26.2 Å². The van der Waals surface area contributed by atoms with Gasteiger partial charge in [-0.3, -0.25) is 0 Å². The summed E-state index contributed by atoms with van der Waals surface area (Å²) in [6.45, 7) is 6.94. The van der Waals surface area contributed by atoms with Gasteiger partial charge in [0, 0.05) is 31.4 Å². The number of fused-ring (bicyclic) bond motifs is 1. The number of hydrazine groups is 1. The molecule has 1 saturated heterocycles. The van der Waals surface area contributed by atoms with Gasteiger partial charge < -0.3 is 10.3 Å². The first-order valence-electron chi connectivity index (χ1n) is 5.79. The van der Waals surface area contributed by atoms with Crippen molar-refractivity contribution in [1.82, 2.24) is 15.3 Å². The fraction of sp³-hybridized carbons (Fsp3) is 0.818. The second-order valence-corrected chi connectivity index (χ2v) is 4.71. The summed E-state index contributed by atoms with van der Waals surface area (Å²) >= 11 is 0. The standard InChI is InChI=1S/C11H19N3/c1-9-8-14(10-3-4-10)13-6-2-5-12-7-11(9)13/h10,12H,2-8H2,1H3. The minimum Gasteiger partial charge on any atom is -0.311 e. The molecule has 0 spiro atoms. The Kier molecular flexibility index (Phi) is 2.03. The fourth-order valence-electron chi connectivity index (χ4n) is 2.56. The number of nitrogens with one attached hydrogen (secondary N) is 1. The van der Waals surface area contributed by atoms with Crippen LogP contribution in [0.4, 0.5) is 0 Å². The van der Waals surface area contributed by atoms with Crippen LogP contribution in [0.25, 0.3) is 0 Å². The average molecular weight is 193 g/mol. The Bertz CT molecular complexity index is 268. The Hall–Kier alpha value is -0.540. The summed E-state index contributed by atoms with van der Waals surface area (Å²) < 4.78 is 0. The lowest BCUT2D eigenvalue weighted by atomic mass is 10.2. The van der Waals surface area contributed by atoms with Crippen LogP contribution in [0.2, 0.25) is 0 Å². The third kappa shape index (κ3) is 1.35. The zero-order valence-corrected chi connectivity index (χ0v) is 8.92. The first-order chi connectivity index (χ1) is 6.86. The maximum atomic E-state index is 3.50. The van der Waals surface area contributed by atoms with E-state index in [0.29, 0.717) is 0 Å². The Labute approximate surface area is 85.7 Å². The molecule has 78 valence electrons. The Balaban J connectivity index is 1.82. The van der Waals surface area contributed by atoms with Crippen molar-refractivity contribution in [2.45, 2.75) is 32.2 Å². The summed E-state index contributed by atoms with van der Waals surface area (Å²) in [6.07, 6.45) is 4.09. The van der Waals surface area contributed by atoms with Gasteiger partial charge in [-0.2, -0.15) is 0 Å². The van der Waals surface area contributed by atoms with Gasteiger partial charge in [-0.15, -0.1) is 0 Å².